The highest BCUT2D eigenvalue weighted by molar-refractivity contribution is 7.93. The van der Waals surface area contributed by atoms with Gasteiger partial charge in [0, 0.05) is 16.2 Å². The summed E-state index contributed by atoms with van der Waals surface area (Å²) >= 11 is 0. The van der Waals surface area contributed by atoms with Crippen molar-refractivity contribution in [3.8, 4) is 5.75 Å². The SMILES string of the molecule is COc1ccc(P(=O)(C(=O)c2ccccc2)c2c(C)cc(C)cc2C)cc1. The van der Waals surface area contributed by atoms with Gasteiger partial charge < -0.3 is 9.30 Å². The Kier molecular flexibility index (Phi) is 5.34. The van der Waals surface area contributed by atoms with E-state index in [9.17, 15) is 9.36 Å². The van der Waals surface area contributed by atoms with Crippen LogP contribution in [0.1, 0.15) is 27.0 Å². The molecule has 0 saturated heterocycles. The van der Waals surface area contributed by atoms with Crippen molar-refractivity contribution in [3.63, 3.8) is 0 Å². The molecule has 0 aromatic heterocycles. The lowest BCUT2D eigenvalue weighted by molar-refractivity contribution is 0.107. The summed E-state index contributed by atoms with van der Waals surface area (Å²) in [5.74, 6) is 0.662. The highest BCUT2D eigenvalue weighted by atomic mass is 31.2. The number of hydrogen-bond acceptors (Lipinski definition) is 3. The van der Waals surface area contributed by atoms with Crippen LogP contribution in [0.4, 0.5) is 0 Å². The van der Waals surface area contributed by atoms with Crippen LogP contribution in [-0.2, 0) is 4.57 Å². The standard InChI is InChI=1S/C23H23O3P/c1-16-14-17(2)22(18(3)15-16)27(25,21-12-10-20(26-4)11-13-21)23(24)19-8-6-5-7-9-19/h5-15H,1-4H3. The van der Waals surface area contributed by atoms with E-state index in [4.69, 9.17) is 4.74 Å². The van der Waals surface area contributed by atoms with E-state index < -0.39 is 7.14 Å². The normalized spacial score (nSPS) is 13.0. The molecule has 0 amide bonds. The average molecular weight is 378 g/mol. The van der Waals surface area contributed by atoms with Crippen molar-refractivity contribution < 1.29 is 14.1 Å². The number of ether oxygens (including phenoxy) is 1. The molecule has 0 fully saturated rings. The van der Waals surface area contributed by atoms with Gasteiger partial charge >= 0.3 is 0 Å². The third kappa shape index (κ3) is 3.48. The number of hydrogen-bond donors (Lipinski definition) is 0. The molecule has 0 bridgehead atoms. The van der Waals surface area contributed by atoms with Crippen LogP contribution < -0.4 is 15.3 Å². The van der Waals surface area contributed by atoms with E-state index in [-0.39, 0.29) is 5.52 Å². The van der Waals surface area contributed by atoms with Gasteiger partial charge in [-0.2, -0.15) is 0 Å². The minimum absolute atomic E-state index is 0.344. The quantitative estimate of drug-likeness (QED) is 0.601. The van der Waals surface area contributed by atoms with Crippen molar-refractivity contribution in [1.29, 1.82) is 0 Å². The molecular formula is C23H23O3P. The molecule has 1 atom stereocenters. The molecule has 0 radical (unpaired) electrons. The van der Waals surface area contributed by atoms with Crippen molar-refractivity contribution in [1.82, 2.24) is 0 Å². The summed E-state index contributed by atoms with van der Waals surface area (Å²) in [6.45, 7) is 5.84. The maximum Gasteiger partial charge on any atom is 0.230 e. The van der Waals surface area contributed by atoms with Crippen LogP contribution in [0.3, 0.4) is 0 Å². The van der Waals surface area contributed by atoms with Crippen molar-refractivity contribution in [3.05, 3.63) is 89.0 Å². The molecule has 0 aliphatic carbocycles. The molecule has 4 heteroatoms. The Balaban J connectivity index is 2.30. The van der Waals surface area contributed by atoms with Crippen LogP contribution >= 0.6 is 7.14 Å². The van der Waals surface area contributed by atoms with Crippen molar-refractivity contribution in [2.45, 2.75) is 20.8 Å². The summed E-state index contributed by atoms with van der Waals surface area (Å²) in [4.78, 5) is 13.5. The number of methoxy groups -OCH3 is 1. The molecule has 1 unspecified atom stereocenters. The van der Waals surface area contributed by atoms with Gasteiger partial charge in [0.25, 0.3) is 0 Å². The Morgan fingerprint density at radius 3 is 1.93 bits per heavy atom. The maximum atomic E-state index is 14.5. The Morgan fingerprint density at radius 2 is 1.41 bits per heavy atom. The summed E-state index contributed by atoms with van der Waals surface area (Å²) in [7, 11) is -1.98. The predicted molar refractivity (Wildman–Crippen MR) is 111 cm³/mol. The second kappa shape index (κ2) is 7.54. The van der Waals surface area contributed by atoms with Crippen LogP contribution in [-0.4, -0.2) is 12.6 Å². The van der Waals surface area contributed by atoms with E-state index in [1.807, 2.05) is 39.0 Å². The minimum Gasteiger partial charge on any atom is -0.497 e. The molecule has 0 saturated carbocycles. The zero-order valence-corrected chi connectivity index (χ0v) is 16.9. The molecule has 3 aromatic carbocycles. The van der Waals surface area contributed by atoms with Gasteiger partial charge in [-0.25, -0.2) is 0 Å². The zero-order valence-electron chi connectivity index (χ0n) is 16.0. The number of aryl methyl sites for hydroxylation is 3. The highest BCUT2D eigenvalue weighted by Crippen LogP contribution is 2.48. The van der Waals surface area contributed by atoms with Gasteiger partial charge in [0.2, 0.25) is 12.7 Å². The molecule has 0 aliphatic rings. The fraction of sp³-hybridized carbons (Fsp3) is 0.174. The first kappa shape index (κ1) is 19.1. The van der Waals surface area contributed by atoms with Gasteiger partial charge in [-0.3, -0.25) is 4.79 Å². The van der Waals surface area contributed by atoms with Crippen LogP contribution in [0, 0.1) is 20.8 Å². The Labute approximate surface area is 160 Å². The smallest absolute Gasteiger partial charge is 0.230 e. The fourth-order valence-electron chi connectivity index (χ4n) is 3.57. The van der Waals surface area contributed by atoms with E-state index in [2.05, 4.69) is 0 Å². The van der Waals surface area contributed by atoms with Gasteiger partial charge in [-0.05, 0) is 56.2 Å². The number of benzene rings is 3. The molecule has 0 N–H and O–H groups in total. The first-order chi connectivity index (χ1) is 12.9. The summed E-state index contributed by atoms with van der Waals surface area (Å²) in [6.07, 6.45) is 0. The minimum atomic E-state index is -3.56. The molecular weight excluding hydrogens is 355 g/mol. The predicted octanol–water partition coefficient (Wildman–Crippen LogP) is 4.77. The lowest BCUT2D eigenvalue weighted by Gasteiger charge is -2.23. The van der Waals surface area contributed by atoms with E-state index in [0.717, 1.165) is 16.7 Å². The molecule has 0 aliphatic heterocycles. The first-order valence-electron chi connectivity index (χ1n) is 8.81. The number of carbonyl (C=O) groups excluding carboxylic acids is 1. The third-order valence-corrected chi connectivity index (χ3v) is 7.88. The van der Waals surface area contributed by atoms with E-state index in [1.54, 1.807) is 55.6 Å². The third-order valence-electron chi connectivity index (χ3n) is 4.69. The Bertz CT molecular complexity index is 998. The second-order valence-electron chi connectivity index (χ2n) is 6.73. The number of rotatable bonds is 5. The van der Waals surface area contributed by atoms with E-state index in [1.165, 1.54) is 0 Å². The van der Waals surface area contributed by atoms with E-state index in [0.29, 0.717) is 21.9 Å². The van der Waals surface area contributed by atoms with E-state index >= 15 is 0 Å². The van der Waals surface area contributed by atoms with Gasteiger partial charge in [0.1, 0.15) is 5.75 Å². The van der Waals surface area contributed by atoms with Crippen LogP contribution in [0.2, 0.25) is 0 Å². The fourth-order valence-corrected chi connectivity index (χ4v) is 6.47. The average Bonchev–Trinajstić information content (AvgIpc) is 2.67. The highest BCUT2D eigenvalue weighted by Gasteiger charge is 2.39. The summed E-state index contributed by atoms with van der Waals surface area (Å²) in [5.41, 5.74) is 2.94. The topological polar surface area (TPSA) is 43.4 Å². The van der Waals surface area contributed by atoms with Crippen molar-refractivity contribution in [2.24, 2.45) is 0 Å². The first-order valence-corrected chi connectivity index (χ1v) is 10.5. The molecule has 27 heavy (non-hydrogen) atoms. The van der Waals surface area contributed by atoms with Crippen molar-refractivity contribution in [2.75, 3.05) is 7.11 Å². The summed E-state index contributed by atoms with van der Waals surface area (Å²) in [6, 6.07) is 19.8. The van der Waals surface area contributed by atoms with Crippen LogP contribution in [0.5, 0.6) is 5.75 Å². The molecule has 3 nitrogen and oxygen atoms in total. The maximum absolute atomic E-state index is 14.5. The molecule has 0 heterocycles. The van der Waals surface area contributed by atoms with Gasteiger partial charge in [0.05, 0.1) is 7.11 Å². The van der Waals surface area contributed by atoms with Gasteiger partial charge in [0.15, 0.2) is 0 Å². The van der Waals surface area contributed by atoms with Gasteiger partial charge in [-0.15, -0.1) is 0 Å². The van der Waals surface area contributed by atoms with Gasteiger partial charge in [-0.1, -0.05) is 48.0 Å². The molecule has 3 aromatic rings. The second-order valence-corrected chi connectivity index (χ2v) is 9.31. The lowest BCUT2D eigenvalue weighted by Crippen LogP contribution is -2.26. The zero-order chi connectivity index (χ0) is 19.6. The summed E-state index contributed by atoms with van der Waals surface area (Å²) < 4.78 is 19.7. The molecule has 138 valence electrons. The lowest BCUT2D eigenvalue weighted by atomic mass is 10.1. The number of carbonyl (C=O) groups is 1. The largest absolute Gasteiger partial charge is 0.497 e. The van der Waals surface area contributed by atoms with Crippen molar-refractivity contribution >= 4 is 23.3 Å². The van der Waals surface area contributed by atoms with Crippen LogP contribution in [0.25, 0.3) is 0 Å². The Hall–Kier alpha value is -2.64. The monoisotopic (exact) mass is 378 g/mol. The molecule has 3 rings (SSSR count). The van der Waals surface area contributed by atoms with Crippen LogP contribution in [0.15, 0.2) is 66.7 Å². The molecule has 0 spiro atoms. The summed E-state index contributed by atoms with van der Waals surface area (Å²) in [5, 5.41) is 1.15. The Morgan fingerprint density at radius 1 is 0.852 bits per heavy atom.